The molecule has 22 heavy (non-hydrogen) atoms. The van der Waals surface area contributed by atoms with Crippen LogP contribution in [0.2, 0.25) is 0 Å². The van der Waals surface area contributed by atoms with E-state index in [2.05, 4.69) is 11.7 Å². The molecule has 0 fully saturated rings. The predicted molar refractivity (Wildman–Crippen MR) is 89.6 cm³/mol. The highest BCUT2D eigenvalue weighted by atomic mass is 32.2. The van der Waals surface area contributed by atoms with E-state index in [1.165, 1.54) is 18.7 Å². The summed E-state index contributed by atoms with van der Waals surface area (Å²) in [5.41, 5.74) is 2.66. The largest absolute Gasteiger partial charge is 0.468 e. The van der Waals surface area contributed by atoms with Crippen LogP contribution in [0.15, 0.2) is 48.5 Å². The molecule has 0 saturated carbocycles. The molecule has 2 aromatic rings. The van der Waals surface area contributed by atoms with E-state index in [9.17, 15) is 9.18 Å². The maximum atomic E-state index is 13.8. The molecule has 2 rings (SSSR count). The van der Waals surface area contributed by atoms with Gasteiger partial charge in [-0.25, -0.2) is 4.39 Å². The predicted octanol–water partition coefficient (Wildman–Crippen LogP) is 4.50. The molecule has 2 nitrogen and oxygen atoms in total. The molecule has 0 bridgehead atoms. The van der Waals surface area contributed by atoms with Crippen LogP contribution in [0, 0.1) is 5.82 Å². The number of halogens is 1. The highest BCUT2D eigenvalue weighted by molar-refractivity contribution is 7.99. The first-order valence-electron chi connectivity index (χ1n) is 7.11. The van der Waals surface area contributed by atoms with E-state index in [0.29, 0.717) is 17.2 Å². The van der Waals surface area contributed by atoms with E-state index < -0.39 is 0 Å². The van der Waals surface area contributed by atoms with Gasteiger partial charge in [0, 0.05) is 11.3 Å². The highest BCUT2D eigenvalue weighted by Gasteiger charge is 2.09. The highest BCUT2D eigenvalue weighted by Crippen LogP contribution is 2.26. The van der Waals surface area contributed by atoms with Crippen molar-refractivity contribution < 1.29 is 13.9 Å². The lowest BCUT2D eigenvalue weighted by Gasteiger charge is -2.12. The molecule has 0 aliphatic rings. The lowest BCUT2D eigenvalue weighted by atomic mass is 9.98. The van der Waals surface area contributed by atoms with Gasteiger partial charge < -0.3 is 4.74 Å². The minimum absolute atomic E-state index is 0.202. The first-order chi connectivity index (χ1) is 10.6. The number of ether oxygens (including phenoxy) is 1. The average Bonchev–Trinajstić information content (AvgIpc) is 2.55. The van der Waals surface area contributed by atoms with Gasteiger partial charge in [-0.15, -0.1) is 11.8 Å². The molecule has 0 saturated heterocycles. The minimum atomic E-state index is -0.211. The standard InChI is InChI=1S/C18H19FO2S/c1-13(11-22-12-18(20)21-2)14-7-9-15(10-8-14)16-5-3-4-6-17(16)19/h3-10,13H,11-12H2,1-2H3. The number of hydrogen-bond donors (Lipinski definition) is 0. The Labute approximate surface area is 134 Å². The van der Waals surface area contributed by atoms with E-state index in [-0.39, 0.29) is 11.8 Å². The van der Waals surface area contributed by atoms with Crippen LogP contribution in [-0.4, -0.2) is 24.6 Å². The maximum Gasteiger partial charge on any atom is 0.315 e. The van der Waals surface area contributed by atoms with E-state index >= 15 is 0 Å². The molecular weight excluding hydrogens is 299 g/mol. The first kappa shape index (κ1) is 16.6. The lowest BCUT2D eigenvalue weighted by Crippen LogP contribution is -2.06. The Kier molecular flexibility index (Phi) is 6.01. The third-order valence-electron chi connectivity index (χ3n) is 3.48. The van der Waals surface area contributed by atoms with Gasteiger partial charge in [-0.1, -0.05) is 49.4 Å². The van der Waals surface area contributed by atoms with Crippen LogP contribution in [0.5, 0.6) is 0 Å². The zero-order chi connectivity index (χ0) is 15.9. The fourth-order valence-electron chi connectivity index (χ4n) is 2.16. The second-order valence-electron chi connectivity index (χ2n) is 5.09. The van der Waals surface area contributed by atoms with Gasteiger partial charge in [0.15, 0.2) is 0 Å². The number of methoxy groups -OCH3 is 1. The van der Waals surface area contributed by atoms with Gasteiger partial charge in [0.05, 0.1) is 12.9 Å². The summed E-state index contributed by atoms with van der Waals surface area (Å²) in [5.74, 6) is 1.12. The lowest BCUT2D eigenvalue weighted by molar-refractivity contribution is -0.137. The summed E-state index contributed by atoms with van der Waals surface area (Å²) < 4.78 is 18.4. The zero-order valence-corrected chi connectivity index (χ0v) is 13.5. The van der Waals surface area contributed by atoms with Crippen molar-refractivity contribution >= 4 is 17.7 Å². The van der Waals surface area contributed by atoms with E-state index in [4.69, 9.17) is 0 Å². The molecule has 0 amide bonds. The molecule has 0 radical (unpaired) electrons. The smallest absolute Gasteiger partial charge is 0.315 e. The van der Waals surface area contributed by atoms with Gasteiger partial charge in [0.1, 0.15) is 5.82 Å². The Morgan fingerprint density at radius 3 is 2.50 bits per heavy atom. The molecule has 0 spiro atoms. The SMILES string of the molecule is COC(=O)CSCC(C)c1ccc(-c2ccccc2F)cc1. The molecule has 0 aliphatic heterocycles. The molecule has 4 heteroatoms. The Hall–Kier alpha value is -1.81. The second kappa shape index (κ2) is 7.99. The molecular formula is C18H19FO2S. The molecule has 2 aromatic carbocycles. The van der Waals surface area contributed by atoms with Crippen molar-refractivity contribution in [1.82, 2.24) is 0 Å². The van der Waals surface area contributed by atoms with Crippen LogP contribution >= 0.6 is 11.8 Å². The fraction of sp³-hybridized carbons (Fsp3) is 0.278. The Bertz CT molecular complexity index is 625. The van der Waals surface area contributed by atoms with Gasteiger partial charge >= 0.3 is 5.97 Å². The monoisotopic (exact) mass is 318 g/mol. The number of rotatable bonds is 6. The molecule has 0 aliphatic carbocycles. The molecule has 0 aromatic heterocycles. The van der Waals surface area contributed by atoms with Crippen LogP contribution in [0.4, 0.5) is 4.39 Å². The van der Waals surface area contributed by atoms with Crippen molar-refractivity contribution in [2.45, 2.75) is 12.8 Å². The number of carbonyl (C=O) groups excluding carboxylic acids is 1. The number of thioether (sulfide) groups is 1. The van der Waals surface area contributed by atoms with Crippen LogP contribution in [-0.2, 0) is 9.53 Å². The average molecular weight is 318 g/mol. The number of esters is 1. The van der Waals surface area contributed by atoms with Crippen LogP contribution in [0.25, 0.3) is 11.1 Å². The zero-order valence-electron chi connectivity index (χ0n) is 12.7. The van der Waals surface area contributed by atoms with E-state index in [0.717, 1.165) is 11.3 Å². The maximum absolute atomic E-state index is 13.8. The Morgan fingerprint density at radius 1 is 1.18 bits per heavy atom. The van der Waals surface area contributed by atoms with Gasteiger partial charge in [0.2, 0.25) is 0 Å². The minimum Gasteiger partial charge on any atom is -0.468 e. The van der Waals surface area contributed by atoms with E-state index in [1.807, 2.05) is 30.3 Å². The van der Waals surface area contributed by atoms with Crippen molar-refractivity contribution in [3.63, 3.8) is 0 Å². The molecule has 1 unspecified atom stereocenters. The third kappa shape index (κ3) is 4.34. The van der Waals surface area contributed by atoms with E-state index in [1.54, 1.807) is 23.9 Å². The summed E-state index contributed by atoms with van der Waals surface area (Å²) in [4.78, 5) is 11.1. The summed E-state index contributed by atoms with van der Waals surface area (Å²) >= 11 is 1.56. The summed E-state index contributed by atoms with van der Waals surface area (Å²) in [6.07, 6.45) is 0. The Morgan fingerprint density at radius 2 is 1.86 bits per heavy atom. The fourth-order valence-corrected chi connectivity index (χ4v) is 3.11. The van der Waals surface area contributed by atoms with Crippen LogP contribution in [0.3, 0.4) is 0 Å². The van der Waals surface area contributed by atoms with Crippen molar-refractivity contribution in [1.29, 1.82) is 0 Å². The summed E-state index contributed by atoms with van der Waals surface area (Å²) in [6.45, 7) is 2.11. The second-order valence-corrected chi connectivity index (χ2v) is 6.12. The third-order valence-corrected chi connectivity index (χ3v) is 4.66. The summed E-state index contributed by atoms with van der Waals surface area (Å²) in [7, 11) is 1.40. The van der Waals surface area contributed by atoms with Crippen molar-refractivity contribution in [2.24, 2.45) is 0 Å². The molecule has 116 valence electrons. The first-order valence-corrected chi connectivity index (χ1v) is 8.26. The van der Waals surface area contributed by atoms with Crippen LogP contribution < -0.4 is 0 Å². The quantitative estimate of drug-likeness (QED) is 0.733. The molecule has 1 atom stereocenters. The van der Waals surface area contributed by atoms with Crippen molar-refractivity contribution in [3.8, 4) is 11.1 Å². The summed E-state index contributed by atoms with van der Waals surface area (Å²) in [5, 5.41) is 0. The van der Waals surface area contributed by atoms with Gasteiger partial charge in [0.25, 0.3) is 0 Å². The molecule has 0 heterocycles. The number of carbonyl (C=O) groups is 1. The van der Waals surface area contributed by atoms with Gasteiger partial charge in [-0.2, -0.15) is 0 Å². The normalized spacial score (nSPS) is 12.0. The summed E-state index contributed by atoms with van der Waals surface area (Å²) in [6, 6.07) is 14.7. The topological polar surface area (TPSA) is 26.3 Å². The van der Waals surface area contributed by atoms with Gasteiger partial charge in [-0.05, 0) is 23.1 Å². The van der Waals surface area contributed by atoms with Crippen molar-refractivity contribution in [2.75, 3.05) is 18.6 Å². The Balaban J connectivity index is 1.99. The number of benzene rings is 2. The van der Waals surface area contributed by atoms with Crippen molar-refractivity contribution in [3.05, 3.63) is 59.9 Å². The number of hydrogen-bond acceptors (Lipinski definition) is 3. The molecule has 0 N–H and O–H groups in total. The van der Waals surface area contributed by atoms with Crippen LogP contribution in [0.1, 0.15) is 18.4 Å². The van der Waals surface area contributed by atoms with Gasteiger partial charge in [-0.3, -0.25) is 4.79 Å².